The monoisotopic (exact) mass is 286 g/mol. The van der Waals surface area contributed by atoms with E-state index < -0.39 is 0 Å². The summed E-state index contributed by atoms with van der Waals surface area (Å²) in [5.41, 5.74) is 10.2. The average Bonchev–Trinajstić information content (AvgIpc) is 2.95. The van der Waals surface area contributed by atoms with Crippen molar-refractivity contribution in [1.82, 2.24) is 4.90 Å². The van der Waals surface area contributed by atoms with Crippen LogP contribution in [0.2, 0.25) is 0 Å². The zero-order chi connectivity index (χ0) is 14.3. The number of benzene rings is 1. The third-order valence-electron chi connectivity index (χ3n) is 5.84. The third-order valence-corrected chi connectivity index (χ3v) is 5.84. The molecule has 3 aliphatic rings. The van der Waals surface area contributed by atoms with E-state index in [0.29, 0.717) is 6.04 Å². The number of hydrogen-bond donors (Lipinski definition) is 1. The molecule has 1 unspecified atom stereocenters. The molecule has 2 heterocycles. The van der Waals surface area contributed by atoms with Gasteiger partial charge in [0.2, 0.25) is 0 Å². The molecule has 1 atom stereocenters. The van der Waals surface area contributed by atoms with E-state index in [9.17, 15) is 0 Å². The Morgan fingerprint density at radius 2 is 2.10 bits per heavy atom. The molecule has 1 saturated carbocycles. The molecule has 1 spiro atoms. The number of hydrogen-bond acceptors (Lipinski definition) is 3. The minimum atomic E-state index is 0.214. The van der Waals surface area contributed by atoms with Crippen molar-refractivity contribution in [3.8, 4) is 0 Å². The van der Waals surface area contributed by atoms with Gasteiger partial charge in [0.25, 0.3) is 0 Å². The second-order valence-corrected chi connectivity index (χ2v) is 7.09. The van der Waals surface area contributed by atoms with Crippen LogP contribution in [0, 0.1) is 0 Å². The van der Waals surface area contributed by atoms with E-state index in [4.69, 9.17) is 10.5 Å². The van der Waals surface area contributed by atoms with Gasteiger partial charge in [-0.15, -0.1) is 0 Å². The zero-order valence-corrected chi connectivity index (χ0v) is 12.8. The summed E-state index contributed by atoms with van der Waals surface area (Å²) in [6.07, 6.45) is 8.81. The maximum atomic E-state index is 6.20. The van der Waals surface area contributed by atoms with Crippen molar-refractivity contribution in [1.29, 1.82) is 0 Å². The van der Waals surface area contributed by atoms with Crippen LogP contribution in [-0.4, -0.2) is 29.7 Å². The van der Waals surface area contributed by atoms with Crippen molar-refractivity contribution in [2.24, 2.45) is 0 Å². The molecule has 1 aromatic rings. The topological polar surface area (TPSA) is 38.5 Å². The average molecular weight is 286 g/mol. The van der Waals surface area contributed by atoms with Crippen molar-refractivity contribution in [2.75, 3.05) is 18.9 Å². The van der Waals surface area contributed by atoms with Crippen molar-refractivity contribution < 1.29 is 4.74 Å². The minimum absolute atomic E-state index is 0.214. The summed E-state index contributed by atoms with van der Waals surface area (Å²) >= 11 is 0. The van der Waals surface area contributed by atoms with Crippen LogP contribution < -0.4 is 5.73 Å². The summed E-state index contributed by atoms with van der Waals surface area (Å²) < 4.78 is 6.19. The Labute approximate surface area is 127 Å². The fraction of sp³-hybridized carbons (Fsp3) is 0.667. The van der Waals surface area contributed by atoms with Gasteiger partial charge in [0.1, 0.15) is 0 Å². The second-order valence-electron chi connectivity index (χ2n) is 7.09. The number of rotatable bonds is 1. The lowest BCUT2D eigenvalue weighted by atomic mass is 9.86. The lowest BCUT2D eigenvalue weighted by Crippen LogP contribution is -2.49. The van der Waals surface area contributed by atoms with Gasteiger partial charge in [-0.1, -0.05) is 25.0 Å². The molecule has 0 amide bonds. The maximum Gasteiger partial charge on any atom is 0.0697 e. The van der Waals surface area contributed by atoms with Crippen LogP contribution >= 0.6 is 0 Å². The van der Waals surface area contributed by atoms with E-state index in [2.05, 4.69) is 17.0 Å². The minimum Gasteiger partial charge on any atom is -0.398 e. The molecule has 3 heteroatoms. The van der Waals surface area contributed by atoms with Crippen molar-refractivity contribution in [3.63, 3.8) is 0 Å². The lowest BCUT2D eigenvalue weighted by Gasteiger charge is -2.44. The molecule has 2 fully saturated rings. The molecular weight excluding hydrogens is 260 g/mol. The molecule has 0 bridgehead atoms. The number of nitrogens with two attached hydrogens (primary N) is 1. The molecule has 21 heavy (non-hydrogen) atoms. The standard InChI is InChI=1S/C18H26N2O/c19-17-5-3-4-14-6-10-20(13-16(14)17)15-7-11-21-18(12-15)8-1-2-9-18/h3-5,15H,1-2,6-13,19H2. The molecule has 0 radical (unpaired) electrons. The number of ether oxygens (including phenoxy) is 1. The van der Waals surface area contributed by atoms with Gasteiger partial charge in [-0.2, -0.15) is 0 Å². The molecule has 1 aromatic carbocycles. The summed E-state index contributed by atoms with van der Waals surface area (Å²) in [7, 11) is 0. The van der Waals surface area contributed by atoms with Crippen molar-refractivity contribution >= 4 is 5.69 Å². The molecular formula is C18H26N2O. The van der Waals surface area contributed by atoms with E-state index in [-0.39, 0.29) is 5.60 Å². The van der Waals surface area contributed by atoms with Crippen molar-refractivity contribution in [3.05, 3.63) is 29.3 Å². The van der Waals surface area contributed by atoms with Gasteiger partial charge in [0.05, 0.1) is 5.60 Å². The number of anilines is 1. The van der Waals surface area contributed by atoms with Gasteiger partial charge in [-0.05, 0) is 49.3 Å². The Morgan fingerprint density at radius 3 is 2.95 bits per heavy atom. The molecule has 4 rings (SSSR count). The Balaban J connectivity index is 1.51. The predicted molar refractivity (Wildman–Crippen MR) is 85.1 cm³/mol. The lowest BCUT2D eigenvalue weighted by molar-refractivity contribution is -0.103. The largest absolute Gasteiger partial charge is 0.398 e. The van der Waals surface area contributed by atoms with Crippen LogP contribution in [0.5, 0.6) is 0 Å². The molecule has 0 aromatic heterocycles. The molecule has 114 valence electrons. The highest BCUT2D eigenvalue weighted by atomic mass is 16.5. The summed E-state index contributed by atoms with van der Waals surface area (Å²) in [5.74, 6) is 0. The summed E-state index contributed by atoms with van der Waals surface area (Å²) in [4.78, 5) is 2.67. The summed E-state index contributed by atoms with van der Waals surface area (Å²) in [5, 5.41) is 0. The molecule has 2 aliphatic heterocycles. The van der Waals surface area contributed by atoms with Crippen LogP contribution in [0.4, 0.5) is 5.69 Å². The zero-order valence-electron chi connectivity index (χ0n) is 12.8. The number of nitrogen functional groups attached to an aromatic ring is 1. The van der Waals surface area contributed by atoms with E-state index >= 15 is 0 Å². The Hall–Kier alpha value is -1.06. The first-order chi connectivity index (χ1) is 10.3. The van der Waals surface area contributed by atoms with Crippen LogP contribution in [0.3, 0.4) is 0 Å². The van der Waals surface area contributed by atoms with Crippen LogP contribution in [0.15, 0.2) is 18.2 Å². The first-order valence-electron chi connectivity index (χ1n) is 8.50. The van der Waals surface area contributed by atoms with Gasteiger partial charge >= 0.3 is 0 Å². The fourth-order valence-corrected chi connectivity index (χ4v) is 4.62. The predicted octanol–water partition coefficient (Wildman–Crippen LogP) is 3.12. The summed E-state index contributed by atoms with van der Waals surface area (Å²) in [6.45, 7) is 3.15. The van der Waals surface area contributed by atoms with Crippen LogP contribution in [-0.2, 0) is 17.7 Å². The van der Waals surface area contributed by atoms with Gasteiger partial charge < -0.3 is 10.5 Å². The smallest absolute Gasteiger partial charge is 0.0697 e. The van der Waals surface area contributed by atoms with E-state index in [1.807, 2.05) is 6.07 Å². The maximum absolute atomic E-state index is 6.20. The molecule has 2 N–H and O–H groups in total. The normalized spacial score (nSPS) is 28.7. The highest BCUT2D eigenvalue weighted by Crippen LogP contribution is 2.42. The van der Waals surface area contributed by atoms with Gasteiger partial charge in [0.15, 0.2) is 0 Å². The summed E-state index contributed by atoms with van der Waals surface area (Å²) in [6, 6.07) is 7.06. The second kappa shape index (κ2) is 5.29. The Kier molecular flexibility index (Phi) is 3.43. The molecule has 3 nitrogen and oxygen atoms in total. The SMILES string of the molecule is Nc1cccc2c1CN(C1CCOC3(CCCC3)C1)CC2. The highest BCUT2D eigenvalue weighted by molar-refractivity contribution is 5.51. The van der Waals surface area contributed by atoms with Gasteiger partial charge in [-0.25, -0.2) is 0 Å². The Bertz CT molecular complexity index is 522. The Morgan fingerprint density at radius 1 is 1.24 bits per heavy atom. The van der Waals surface area contributed by atoms with Gasteiger partial charge in [-0.3, -0.25) is 4.90 Å². The quantitative estimate of drug-likeness (QED) is 0.806. The molecule has 1 saturated heterocycles. The van der Waals surface area contributed by atoms with Crippen LogP contribution in [0.1, 0.15) is 49.7 Å². The number of fused-ring (bicyclic) bond motifs is 1. The van der Waals surface area contributed by atoms with E-state index in [0.717, 1.165) is 25.3 Å². The first-order valence-corrected chi connectivity index (χ1v) is 8.50. The fourth-order valence-electron chi connectivity index (χ4n) is 4.62. The third kappa shape index (κ3) is 2.47. The van der Waals surface area contributed by atoms with E-state index in [1.165, 1.54) is 56.2 Å². The molecule has 1 aliphatic carbocycles. The first kappa shape index (κ1) is 13.6. The van der Waals surface area contributed by atoms with Crippen molar-refractivity contribution in [2.45, 2.75) is 63.1 Å². The number of nitrogens with zero attached hydrogens (tertiary/aromatic N) is 1. The van der Waals surface area contributed by atoms with E-state index in [1.54, 1.807) is 0 Å². The van der Waals surface area contributed by atoms with Gasteiger partial charge in [0, 0.05) is 31.4 Å². The highest BCUT2D eigenvalue weighted by Gasteiger charge is 2.41. The van der Waals surface area contributed by atoms with Crippen LogP contribution in [0.25, 0.3) is 0 Å².